The van der Waals surface area contributed by atoms with E-state index in [9.17, 15) is 17.6 Å². The minimum Gasteiger partial charge on any atom is -0.397 e. The number of hydrogen-bond donors (Lipinski definition) is 1. The van der Waals surface area contributed by atoms with E-state index in [1.165, 1.54) is 0 Å². The minimum absolute atomic E-state index is 0.471. The maximum absolute atomic E-state index is 12.5. The van der Waals surface area contributed by atoms with Crippen molar-refractivity contribution >= 4 is 5.69 Å². The highest BCUT2D eigenvalue weighted by molar-refractivity contribution is 5.46. The zero-order valence-corrected chi connectivity index (χ0v) is 5.69. The summed E-state index contributed by atoms with van der Waals surface area (Å²) >= 11 is 0. The number of anilines is 1. The lowest BCUT2D eigenvalue weighted by molar-refractivity contribution is -0.139. The van der Waals surface area contributed by atoms with Gasteiger partial charge in [-0.15, -0.1) is 0 Å². The molecule has 1 heterocycles. The van der Waals surface area contributed by atoms with Gasteiger partial charge in [0.05, 0.1) is 18.1 Å². The summed E-state index contributed by atoms with van der Waals surface area (Å²) in [5.74, 6) is -1.46. The average Bonchev–Trinajstić information content (AvgIpc) is 1.82. The number of halogens is 4. The molecular formula is C6H4F4N2. The first kappa shape index (κ1) is 8.76. The molecule has 0 aliphatic heterocycles. The maximum Gasteiger partial charge on any atom is 0.421 e. The van der Waals surface area contributed by atoms with Gasteiger partial charge in [0.25, 0.3) is 0 Å². The van der Waals surface area contributed by atoms with Gasteiger partial charge in [0.1, 0.15) is 5.56 Å². The molecule has 2 N–H and O–H groups in total. The van der Waals surface area contributed by atoms with Gasteiger partial charge < -0.3 is 5.73 Å². The lowest BCUT2D eigenvalue weighted by atomic mass is 10.2. The number of aromatic nitrogens is 1. The monoisotopic (exact) mass is 180 g/mol. The van der Waals surface area contributed by atoms with Crippen molar-refractivity contribution in [2.45, 2.75) is 6.18 Å². The second-order valence-corrected chi connectivity index (χ2v) is 2.08. The van der Waals surface area contributed by atoms with Crippen LogP contribution in [0.4, 0.5) is 23.2 Å². The van der Waals surface area contributed by atoms with E-state index in [1.807, 2.05) is 0 Å². The van der Waals surface area contributed by atoms with Crippen LogP contribution in [0.3, 0.4) is 0 Å². The summed E-state index contributed by atoms with van der Waals surface area (Å²) in [6.45, 7) is 0. The topological polar surface area (TPSA) is 38.9 Å². The van der Waals surface area contributed by atoms with E-state index in [1.54, 1.807) is 0 Å². The molecule has 0 radical (unpaired) electrons. The van der Waals surface area contributed by atoms with Gasteiger partial charge in [-0.2, -0.15) is 13.2 Å². The van der Waals surface area contributed by atoms with Crippen LogP contribution in [0.5, 0.6) is 0 Å². The van der Waals surface area contributed by atoms with E-state index < -0.39 is 23.2 Å². The molecule has 0 unspecified atom stereocenters. The predicted molar refractivity (Wildman–Crippen MR) is 33.6 cm³/mol. The molecule has 0 atom stereocenters. The van der Waals surface area contributed by atoms with Crippen molar-refractivity contribution in [3.05, 3.63) is 23.8 Å². The van der Waals surface area contributed by atoms with Crippen LogP contribution in [-0.4, -0.2) is 4.98 Å². The Morgan fingerprint density at radius 1 is 1.25 bits per heavy atom. The molecule has 0 bridgehead atoms. The molecular weight excluding hydrogens is 176 g/mol. The third-order valence-electron chi connectivity index (χ3n) is 1.21. The van der Waals surface area contributed by atoms with Gasteiger partial charge in [-0.3, -0.25) is 4.98 Å². The van der Waals surface area contributed by atoms with Crippen molar-refractivity contribution < 1.29 is 17.6 Å². The molecule has 1 aromatic heterocycles. The largest absolute Gasteiger partial charge is 0.421 e. The molecule has 6 heteroatoms. The molecule has 1 aromatic rings. The van der Waals surface area contributed by atoms with Crippen LogP contribution in [0, 0.1) is 5.82 Å². The van der Waals surface area contributed by atoms with Crippen LogP contribution < -0.4 is 5.73 Å². The standard InChI is InChI=1S/C6H4F4N2/c7-3-1-12-2-4(11)5(3)6(8,9)10/h1-2H,11H2. The number of hydrogen-bond acceptors (Lipinski definition) is 2. The summed E-state index contributed by atoms with van der Waals surface area (Å²) < 4.78 is 48.4. The van der Waals surface area contributed by atoms with Crippen molar-refractivity contribution in [2.75, 3.05) is 5.73 Å². The fourth-order valence-electron chi connectivity index (χ4n) is 0.749. The summed E-state index contributed by atoms with van der Waals surface area (Å²) in [5, 5.41) is 0. The SMILES string of the molecule is Nc1cncc(F)c1C(F)(F)F. The van der Waals surface area contributed by atoms with Crippen LogP contribution in [0.2, 0.25) is 0 Å². The zero-order chi connectivity index (χ0) is 9.35. The van der Waals surface area contributed by atoms with Crippen molar-refractivity contribution in [3.63, 3.8) is 0 Å². The summed E-state index contributed by atoms with van der Waals surface area (Å²) in [4.78, 5) is 3.16. The van der Waals surface area contributed by atoms with Gasteiger partial charge in [0.15, 0.2) is 5.82 Å². The lowest BCUT2D eigenvalue weighted by Crippen LogP contribution is -2.12. The fraction of sp³-hybridized carbons (Fsp3) is 0.167. The van der Waals surface area contributed by atoms with Gasteiger partial charge in [-0.1, -0.05) is 0 Å². The van der Waals surface area contributed by atoms with Crippen molar-refractivity contribution in [1.29, 1.82) is 0 Å². The summed E-state index contributed by atoms with van der Waals surface area (Å²) in [6.07, 6.45) is -3.54. The predicted octanol–water partition coefficient (Wildman–Crippen LogP) is 1.82. The van der Waals surface area contributed by atoms with Crippen molar-refractivity contribution in [1.82, 2.24) is 4.98 Å². The van der Waals surface area contributed by atoms with Gasteiger partial charge >= 0.3 is 6.18 Å². The minimum atomic E-state index is -4.77. The molecule has 66 valence electrons. The highest BCUT2D eigenvalue weighted by atomic mass is 19.4. The summed E-state index contributed by atoms with van der Waals surface area (Å²) in [5.41, 5.74) is 2.72. The van der Waals surface area contributed by atoms with Crippen LogP contribution in [-0.2, 0) is 6.18 Å². The highest BCUT2D eigenvalue weighted by Gasteiger charge is 2.36. The van der Waals surface area contributed by atoms with Gasteiger partial charge in [-0.05, 0) is 0 Å². The zero-order valence-electron chi connectivity index (χ0n) is 5.69. The van der Waals surface area contributed by atoms with Crippen LogP contribution in [0.15, 0.2) is 12.4 Å². The molecule has 2 nitrogen and oxygen atoms in total. The molecule has 0 aliphatic rings. The van der Waals surface area contributed by atoms with Crippen LogP contribution in [0.25, 0.3) is 0 Å². The van der Waals surface area contributed by atoms with E-state index in [2.05, 4.69) is 4.98 Å². The third kappa shape index (κ3) is 1.46. The summed E-state index contributed by atoms with van der Waals surface area (Å²) in [7, 11) is 0. The second-order valence-electron chi connectivity index (χ2n) is 2.08. The van der Waals surface area contributed by atoms with E-state index >= 15 is 0 Å². The number of nitrogen functional groups attached to an aromatic ring is 1. The normalized spacial score (nSPS) is 11.7. The molecule has 0 aliphatic carbocycles. The Bertz CT molecular complexity index is 274. The quantitative estimate of drug-likeness (QED) is 0.618. The van der Waals surface area contributed by atoms with Gasteiger partial charge in [-0.25, -0.2) is 4.39 Å². The number of pyridine rings is 1. The molecule has 0 aromatic carbocycles. The Morgan fingerprint density at radius 2 is 1.83 bits per heavy atom. The smallest absolute Gasteiger partial charge is 0.397 e. The number of nitrogens with zero attached hydrogens (tertiary/aromatic N) is 1. The molecule has 0 saturated carbocycles. The number of nitrogens with two attached hydrogens (primary N) is 1. The number of alkyl halides is 3. The third-order valence-corrected chi connectivity index (χ3v) is 1.21. The van der Waals surface area contributed by atoms with Crippen molar-refractivity contribution in [2.24, 2.45) is 0 Å². The number of rotatable bonds is 0. The summed E-state index contributed by atoms with van der Waals surface area (Å²) in [6, 6.07) is 0. The van der Waals surface area contributed by atoms with E-state index in [-0.39, 0.29) is 0 Å². The molecule has 0 spiro atoms. The first-order chi connectivity index (χ1) is 5.43. The molecule has 0 fully saturated rings. The van der Waals surface area contributed by atoms with Crippen LogP contribution in [0.1, 0.15) is 5.56 Å². The Balaban J connectivity index is 3.31. The fourth-order valence-corrected chi connectivity index (χ4v) is 0.749. The Kier molecular flexibility index (Phi) is 1.91. The Morgan fingerprint density at radius 3 is 2.17 bits per heavy atom. The van der Waals surface area contributed by atoms with E-state index in [4.69, 9.17) is 5.73 Å². The molecule has 0 amide bonds. The first-order valence-electron chi connectivity index (χ1n) is 2.89. The average molecular weight is 180 g/mol. The second kappa shape index (κ2) is 2.62. The maximum atomic E-state index is 12.5. The molecule has 1 rings (SSSR count). The van der Waals surface area contributed by atoms with E-state index in [0.29, 0.717) is 6.20 Å². The van der Waals surface area contributed by atoms with E-state index in [0.717, 1.165) is 6.20 Å². The van der Waals surface area contributed by atoms with Gasteiger partial charge in [0.2, 0.25) is 0 Å². The highest BCUT2D eigenvalue weighted by Crippen LogP contribution is 2.34. The first-order valence-corrected chi connectivity index (χ1v) is 2.89. The Hall–Kier alpha value is -1.33. The van der Waals surface area contributed by atoms with Crippen LogP contribution >= 0.6 is 0 Å². The molecule has 12 heavy (non-hydrogen) atoms. The van der Waals surface area contributed by atoms with Crippen molar-refractivity contribution in [3.8, 4) is 0 Å². The lowest BCUT2D eigenvalue weighted by Gasteiger charge is -2.09. The van der Waals surface area contributed by atoms with Gasteiger partial charge in [0, 0.05) is 0 Å². The molecule has 0 saturated heterocycles. The Labute approximate surface area is 65.0 Å².